The van der Waals surface area contributed by atoms with E-state index in [-0.39, 0.29) is 5.91 Å². The van der Waals surface area contributed by atoms with Gasteiger partial charge in [-0.25, -0.2) is 4.98 Å². The van der Waals surface area contributed by atoms with Gasteiger partial charge in [-0.1, -0.05) is 18.2 Å². The number of benzene rings is 1. The molecule has 0 aliphatic rings. The lowest BCUT2D eigenvalue weighted by molar-refractivity contribution is 0.102. The zero-order chi connectivity index (χ0) is 16.4. The largest absolute Gasteiger partial charge is 0.464 e. The molecule has 0 spiro atoms. The van der Waals surface area contributed by atoms with E-state index in [2.05, 4.69) is 15.3 Å². The molecule has 0 radical (unpaired) electrons. The van der Waals surface area contributed by atoms with Crippen molar-refractivity contribution >= 4 is 22.7 Å². The summed E-state index contributed by atoms with van der Waals surface area (Å²) in [7, 11) is 0. The molecule has 0 unspecified atom stereocenters. The van der Waals surface area contributed by atoms with Gasteiger partial charge in [-0.2, -0.15) is 0 Å². The molecule has 0 aliphatic carbocycles. The van der Waals surface area contributed by atoms with Gasteiger partial charge < -0.3 is 9.73 Å². The molecule has 3 heterocycles. The van der Waals surface area contributed by atoms with E-state index in [0.717, 1.165) is 22.2 Å². The van der Waals surface area contributed by atoms with Crippen LogP contribution in [0, 0.1) is 0 Å². The molecular weight excluding hydrogens is 302 g/mol. The molecule has 5 nitrogen and oxygen atoms in total. The number of carbonyl (C=O) groups is 1. The molecule has 1 amide bonds. The summed E-state index contributed by atoms with van der Waals surface area (Å²) in [6, 6.07) is 16.4. The van der Waals surface area contributed by atoms with Crippen molar-refractivity contribution in [3.05, 3.63) is 78.8 Å². The van der Waals surface area contributed by atoms with E-state index in [1.165, 1.54) is 0 Å². The number of hydrogen-bond acceptors (Lipinski definition) is 4. The predicted molar refractivity (Wildman–Crippen MR) is 91.6 cm³/mol. The third-order valence-corrected chi connectivity index (χ3v) is 3.71. The van der Waals surface area contributed by atoms with Crippen LogP contribution < -0.4 is 5.32 Å². The normalized spacial score (nSPS) is 10.7. The Morgan fingerprint density at radius 1 is 0.917 bits per heavy atom. The Kier molecular flexibility index (Phi) is 3.51. The second-order valence-electron chi connectivity index (χ2n) is 5.24. The van der Waals surface area contributed by atoms with Crippen LogP contribution >= 0.6 is 0 Å². The molecule has 4 rings (SSSR count). The topological polar surface area (TPSA) is 68.0 Å². The first kappa shape index (κ1) is 14.1. The number of hydrogen-bond donors (Lipinski definition) is 1. The van der Waals surface area contributed by atoms with Gasteiger partial charge in [0.1, 0.15) is 11.4 Å². The molecule has 1 N–H and O–H groups in total. The highest BCUT2D eigenvalue weighted by Gasteiger charge is 2.10. The number of nitrogens with one attached hydrogen (secondary N) is 1. The molecule has 0 atom stereocenters. The lowest BCUT2D eigenvalue weighted by Crippen LogP contribution is -2.12. The number of rotatable bonds is 3. The average molecular weight is 315 g/mol. The lowest BCUT2D eigenvalue weighted by atomic mass is 10.1. The first-order chi connectivity index (χ1) is 11.8. The van der Waals surface area contributed by atoms with Crippen LogP contribution in [-0.4, -0.2) is 15.9 Å². The van der Waals surface area contributed by atoms with Gasteiger partial charge in [0.05, 0.1) is 12.0 Å². The Balaban J connectivity index is 1.61. The molecule has 0 saturated heterocycles. The Hall–Kier alpha value is -3.47. The Morgan fingerprint density at radius 3 is 2.58 bits per heavy atom. The quantitative estimate of drug-likeness (QED) is 0.617. The van der Waals surface area contributed by atoms with E-state index in [1.807, 2.05) is 30.3 Å². The highest BCUT2D eigenvalue weighted by atomic mass is 16.3. The summed E-state index contributed by atoms with van der Waals surface area (Å²) >= 11 is 0. The van der Waals surface area contributed by atoms with Gasteiger partial charge in [0.25, 0.3) is 5.91 Å². The number of pyridine rings is 2. The minimum absolute atomic E-state index is 0.199. The van der Waals surface area contributed by atoms with Gasteiger partial charge in [0.15, 0.2) is 0 Å². The first-order valence-electron chi connectivity index (χ1n) is 7.46. The van der Waals surface area contributed by atoms with E-state index in [1.54, 1.807) is 42.9 Å². The molecule has 5 heteroatoms. The van der Waals surface area contributed by atoms with Gasteiger partial charge in [-0.05, 0) is 36.4 Å². The van der Waals surface area contributed by atoms with Gasteiger partial charge in [-0.3, -0.25) is 9.78 Å². The third-order valence-electron chi connectivity index (χ3n) is 3.71. The molecule has 116 valence electrons. The smallest absolute Gasteiger partial charge is 0.256 e. The van der Waals surface area contributed by atoms with Crippen LogP contribution in [0.1, 0.15) is 10.4 Å². The van der Waals surface area contributed by atoms with Crippen LogP contribution in [0.5, 0.6) is 0 Å². The minimum atomic E-state index is -0.199. The van der Waals surface area contributed by atoms with Crippen molar-refractivity contribution in [1.29, 1.82) is 0 Å². The number of furan rings is 1. The molecule has 0 aliphatic heterocycles. The van der Waals surface area contributed by atoms with Crippen LogP contribution in [0.2, 0.25) is 0 Å². The van der Waals surface area contributed by atoms with E-state index in [9.17, 15) is 4.79 Å². The van der Waals surface area contributed by atoms with Gasteiger partial charge in [0.2, 0.25) is 0 Å². The number of aromatic nitrogens is 2. The molecule has 4 aromatic rings. The van der Waals surface area contributed by atoms with E-state index in [0.29, 0.717) is 11.4 Å². The Bertz CT molecular complexity index is 992. The fourth-order valence-electron chi connectivity index (χ4n) is 2.53. The fourth-order valence-corrected chi connectivity index (χ4v) is 2.53. The molecule has 1 aromatic carbocycles. The summed E-state index contributed by atoms with van der Waals surface area (Å²) in [6.45, 7) is 0. The van der Waals surface area contributed by atoms with Crippen molar-refractivity contribution in [2.24, 2.45) is 0 Å². The highest BCUT2D eigenvalue weighted by Crippen LogP contribution is 2.27. The number of amides is 1. The van der Waals surface area contributed by atoms with E-state index < -0.39 is 0 Å². The molecule has 3 aromatic heterocycles. The number of nitrogens with zero attached hydrogens (tertiary/aromatic N) is 2. The molecule has 0 saturated carbocycles. The summed E-state index contributed by atoms with van der Waals surface area (Å²) in [5, 5.41) is 3.71. The third kappa shape index (κ3) is 2.63. The number of fused-ring (bicyclic) bond motifs is 1. The fraction of sp³-hybridized carbons (Fsp3) is 0. The Morgan fingerprint density at radius 2 is 1.79 bits per heavy atom. The predicted octanol–water partition coefficient (Wildman–Crippen LogP) is 4.14. The van der Waals surface area contributed by atoms with Crippen LogP contribution in [0.3, 0.4) is 0 Å². The van der Waals surface area contributed by atoms with Crippen molar-refractivity contribution in [3.63, 3.8) is 0 Å². The average Bonchev–Trinajstić information content (AvgIpc) is 3.11. The summed E-state index contributed by atoms with van der Waals surface area (Å²) in [6.07, 6.45) is 4.99. The monoisotopic (exact) mass is 315 g/mol. The molecule has 24 heavy (non-hydrogen) atoms. The zero-order valence-corrected chi connectivity index (χ0v) is 12.6. The van der Waals surface area contributed by atoms with Gasteiger partial charge >= 0.3 is 0 Å². The summed E-state index contributed by atoms with van der Waals surface area (Å²) in [5.74, 6) is 0.325. The highest BCUT2D eigenvalue weighted by molar-refractivity contribution is 6.04. The maximum atomic E-state index is 12.3. The number of carbonyl (C=O) groups excluding carboxylic acids is 1. The van der Waals surface area contributed by atoms with E-state index >= 15 is 0 Å². The van der Waals surface area contributed by atoms with Crippen molar-refractivity contribution < 1.29 is 9.21 Å². The van der Waals surface area contributed by atoms with Crippen molar-refractivity contribution in [1.82, 2.24) is 9.97 Å². The molecule has 0 fully saturated rings. The van der Waals surface area contributed by atoms with Gasteiger partial charge in [0, 0.05) is 28.9 Å². The van der Waals surface area contributed by atoms with Crippen molar-refractivity contribution in [2.45, 2.75) is 0 Å². The van der Waals surface area contributed by atoms with Crippen LogP contribution in [0.4, 0.5) is 5.82 Å². The molecule has 0 bridgehead atoms. The van der Waals surface area contributed by atoms with Crippen LogP contribution in [0.15, 0.2) is 77.7 Å². The van der Waals surface area contributed by atoms with Crippen molar-refractivity contribution in [3.8, 4) is 11.3 Å². The summed E-state index contributed by atoms with van der Waals surface area (Å²) in [5.41, 5.74) is 3.11. The maximum absolute atomic E-state index is 12.3. The van der Waals surface area contributed by atoms with Gasteiger partial charge in [-0.15, -0.1) is 0 Å². The second kappa shape index (κ2) is 5.96. The number of anilines is 1. The standard InChI is InChI=1S/C19H13N3O2/c23-19(22-17-3-1-2-10-20-17)14-6-4-13(5-7-14)18-15-9-12-24-16(15)8-11-21-18/h1-12H,(H,20,22,23). The first-order valence-corrected chi connectivity index (χ1v) is 7.46. The van der Waals surface area contributed by atoms with Crippen LogP contribution in [-0.2, 0) is 0 Å². The van der Waals surface area contributed by atoms with Crippen LogP contribution in [0.25, 0.3) is 22.2 Å². The van der Waals surface area contributed by atoms with Crippen molar-refractivity contribution in [2.75, 3.05) is 5.32 Å². The van der Waals surface area contributed by atoms with E-state index in [4.69, 9.17) is 4.42 Å². The summed E-state index contributed by atoms with van der Waals surface area (Å²) in [4.78, 5) is 20.8. The SMILES string of the molecule is O=C(Nc1ccccn1)c1ccc(-c2nccc3occc23)cc1. The summed E-state index contributed by atoms with van der Waals surface area (Å²) < 4.78 is 5.40. The Labute approximate surface area is 138 Å². The lowest BCUT2D eigenvalue weighted by Gasteiger charge is -2.06. The maximum Gasteiger partial charge on any atom is 0.256 e. The zero-order valence-electron chi connectivity index (χ0n) is 12.6. The minimum Gasteiger partial charge on any atom is -0.464 e. The molecular formula is C19H13N3O2. The second-order valence-corrected chi connectivity index (χ2v) is 5.24.